The van der Waals surface area contributed by atoms with Crippen molar-refractivity contribution in [2.24, 2.45) is 5.92 Å². The van der Waals surface area contributed by atoms with E-state index in [1.54, 1.807) is 0 Å². The van der Waals surface area contributed by atoms with E-state index in [1.807, 2.05) is 11.3 Å². The normalized spacial score (nSPS) is 22.4. The van der Waals surface area contributed by atoms with Crippen LogP contribution in [-0.2, 0) is 6.54 Å². The van der Waals surface area contributed by atoms with Crippen LogP contribution in [0.5, 0.6) is 0 Å². The maximum Gasteiger partial charge on any atom is 0.0339 e. The standard InChI is InChI=1S/C11H15Br2NS/c12-4-1-9-2-5-14(7-9)8-11-10(13)3-6-15-11/h3,6,9H,1-2,4-5,7-8H2. The highest BCUT2D eigenvalue weighted by atomic mass is 79.9. The number of nitrogens with zero attached hydrogens (tertiary/aromatic N) is 1. The number of halogens is 2. The van der Waals surface area contributed by atoms with Gasteiger partial charge in [0.15, 0.2) is 0 Å². The molecule has 2 heterocycles. The molecule has 1 saturated heterocycles. The Morgan fingerprint density at radius 2 is 2.40 bits per heavy atom. The molecule has 1 unspecified atom stereocenters. The minimum atomic E-state index is 0.906. The first kappa shape index (κ1) is 12.1. The van der Waals surface area contributed by atoms with Gasteiger partial charge in [0, 0.05) is 27.8 Å². The largest absolute Gasteiger partial charge is 0.298 e. The molecule has 0 radical (unpaired) electrons. The molecule has 0 amide bonds. The third-order valence-corrected chi connectivity index (χ3v) is 5.31. The molecule has 0 N–H and O–H groups in total. The predicted molar refractivity (Wildman–Crippen MR) is 73.8 cm³/mol. The molecule has 1 nitrogen and oxygen atoms in total. The van der Waals surface area contributed by atoms with Gasteiger partial charge in [-0.15, -0.1) is 11.3 Å². The van der Waals surface area contributed by atoms with Gasteiger partial charge in [0.25, 0.3) is 0 Å². The number of rotatable bonds is 4. The summed E-state index contributed by atoms with van der Waals surface area (Å²) in [7, 11) is 0. The molecule has 1 atom stereocenters. The topological polar surface area (TPSA) is 3.24 Å². The molecule has 1 aliphatic heterocycles. The molecule has 15 heavy (non-hydrogen) atoms. The zero-order valence-electron chi connectivity index (χ0n) is 8.59. The third kappa shape index (κ3) is 3.29. The summed E-state index contributed by atoms with van der Waals surface area (Å²) in [6.07, 6.45) is 2.69. The van der Waals surface area contributed by atoms with Gasteiger partial charge in [0.1, 0.15) is 0 Å². The van der Waals surface area contributed by atoms with E-state index in [4.69, 9.17) is 0 Å². The molecule has 84 valence electrons. The Bertz CT molecular complexity index is 313. The van der Waals surface area contributed by atoms with Crippen LogP contribution in [0.3, 0.4) is 0 Å². The molecule has 1 aromatic rings. The lowest BCUT2D eigenvalue weighted by atomic mass is 10.1. The van der Waals surface area contributed by atoms with Gasteiger partial charge >= 0.3 is 0 Å². The molecule has 1 fully saturated rings. The van der Waals surface area contributed by atoms with Crippen molar-refractivity contribution in [1.29, 1.82) is 0 Å². The van der Waals surface area contributed by atoms with E-state index in [0.29, 0.717) is 0 Å². The molecule has 0 saturated carbocycles. The SMILES string of the molecule is BrCCC1CCN(Cc2sccc2Br)C1. The Balaban J connectivity index is 1.85. The summed E-state index contributed by atoms with van der Waals surface area (Å²) in [4.78, 5) is 4.04. The van der Waals surface area contributed by atoms with Crippen molar-refractivity contribution in [2.45, 2.75) is 19.4 Å². The Labute approximate surface area is 112 Å². The molecule has 0 aromatic carbocycles. The number of thiophene rings is 1. The maximum absolute atomic E-state index is 3.60. The highest BCUT2D eigenvalue weighted by Gasteiger charge is 2.22. The first-order valence-corrected chi connectivity index (χ1v) is 8.09. The van der Waals surface area contributed by atoms with Gasteiger partial charge in [0.2, 0.25) is 0 Å². The van der Waals surface area contributed by atoms with Gasteiger partial charge in [-0.3, -0.25) is 4.90 Å². The van der Waals surface area contributed by atoms with Crippen molar-refractivity contribution in [1.82, 2.24) is 4.90 Å². The van der Waals surface area contributed by atoms with Crippen LogP contribution in [0, 0.1) is 5.92 Å². The van der Waals surface area contributed by atoms with Crippen molar-refractivity contribution >= 4 is 43.2 Å². The van der Waals surface area contributed by atoms with E-state index in [0.717, 1.165) is 17.8 Å². The van der Waals surface area contributed by atoms with Crippen LogP contribution in [0.2, 0.25) is 0 Å². The van der Waals surface area contributed by atoms with Crippen LogP contribution in [-0.4, -0.2) is 23.3 Å². The predicted octanol–water partition coefficient (Wildman–Crippen LogP) is 4.12. The summed E-state index contributed by atoms with van der Waals surface area (Å²) < 4.78 is 1.27. The lowest BCUT2D eigenvalue weighted by Gasteiger charge is -2.14. The Kier molecular flexibility index (Phi) is 4.68. The van der Waals surface area contributed by atoms with Crippen LogP contribution in [0.1, 0.15) is 17.7 Å². The van der Waals surface area contributed by atoms with Crippen molar-refractivity contribution in [3.63, 3.8) is 0 Å². The van der Waals surface area contributed by atoms with Gasteiger partial charge in [0.05, 0.1) is 0 Å². The Morgan fingerprint density at radius 1 is 1.53 bits per heavy atom. The summed E-state index contributed by atoms with van der Waals surface area (Å²) >= 11 is 8.98. The fourth-order valence-electron chi connectivity index (χ4n) is 2.09. The first-order chi connectivity index (χ1) is 7.29. The zero-order valence-corrected chi connectivity index (χ0v) is 12.6. The lowest BCUT2D eigenvalue weighted by Crippen LogP contribution is -2.19. The zero-order chi connectivity index (χ0) is 10.7. The van der Waals surface area contributed by atoms with Gasteiger partial charge in [-0.25, -0.2) is 0 Å². The quantitative estimate of drug-likeness (QED) is 0.737. The highest BCUT2D eigenvalue weighted by molar-refractivity contribution is 9.10. The second-order valence-corrected chi connectivity index (χ2v) is 6.71. The van der Waals surface area contributed by atoms with Gasteiger partial charge in [-0.1, -0.05) is 15.9 Å². The highest BCUT2D eigenvalue weighted by Crippen LogP contribution is 2.27. The van der Waals surface area contributed by atoms with Crippen LogP contribution in [0.4, 0.5) is 0 Å². The lowest BCUT2D eigenvalue weighted by molar-refractivity contribution is 0.318. The average Bonchev–Trinajstić information content (AvgIpc) is 2.79. The molecular weight excluding hydrogens is 338 g/mol. The molecule has 4 heteroatoms. The molecule has 0 aliphatic carbocycles. The van der Waals surface area contributed by atoms with Gasteiger partial charge in [-0.05, 0) is 52.7 Å². The Morgan fingerprint density at radius 3 is 3.07 bits per heavy atom. The molecule has 1 aromatic heterocycles. The van der Waals surface area contributed by atoms with Crippen molar-refractivity contribution in [2.75, 3.05) is 18.4 Å². The molecular formula is C11H15Br2NS. The second-order valence-electron chi connectivity index (χ2n) is 4.06. The van der Waals surface area contributed by atoms with Crippen LogP contribution >= 0.6 is 43.2 Å². The second kappa shape index (κ2) is 5.80. The molecule has 2 rings (SSSR count). The van der Waals surface area contributed by atoms with Crippen LogP contribution < -0.4 is 0 Å². The summed E-state index contributed by atoms with van der Waals surface area (Å²) in [6, 6.07) is 2.14. The van der Waals surface area contributed by atoms with E-state index >= 15 is 0 Å². The van der Waals surface area contributed by atoms with E-state index in [2.05, 4.69) is 48.2 Å². The number of hydrogen-bond acceptors (Lipinski definition) is 2. The molecule has 1 aliphatic rings. The minimum absolute atomic E-state index is 0.906. The summed E-state index contributed by atoms with van der Waals surface area (Å²) in [5.41, 5.74) is 0. The number of likely N-dealkylation sites (tertiary alicyclic amines) is 1. The van der Waals surface area contributed by atoms with Crippen molar-refractivity contribution < 1.29 is 0 Å². The van der Waals surface area contributed by atoms with Crippen molar-refractivity contribution in [3.05, 3.63) is 20.8 Å². The summed E-state index contributed by atoms with van der Waals surface area (Å²) in [5, 5.41) is 3.31. The number of hydrogen-bond donors (Lipinski definition) is 0. The fourth-order valence-corrected chi connectivity index (χ4v) is 4.25. The molecule has 0 bridgehead atoms. The first-order valence-electron chi connectivity index (χ1n) is 5.30. The van der Waals surface area contributed by atoms with E-state index in [9.17, 15) is 0 Å². The maximum atomic E-state index is 3.60. The number of alkyl halides is 1. The van der Waals surface area contributed by atoms with Crippen LogP contribution in [0.15, 0.2) is 15.9 Å². The fraction of sp³-hybridized carbons (Fsp3) is 0.636. The molecule has 0 spiro atoms. The third-order valence-electron chi connectivity index (χ3n) is 2.95. The van der Waals surface area contributed by atoms with E-state index in [-0.39, 0.29) is 0 Å². The smallest absolute Gasteiger partial charge is 0.0339 e. The van der Waals surface area contributed by atoms with E-state index < -0.39 is 0 Å². The van der Waals surface area contributed by atoms with E-state index in [1.165, 1.54) is 35.3 Å². The van der Waals surface area contributed by atoms with Gasteiger partial charge in [-0.2, -0.15) is 0 Å². The minimum Gasteiger partial charge on any atom is -0.298 e. The Hall–Kier alpha value is 0.620. The average molecular weight is 353 g/mol. The van der Waals surface area contributed by atoms with Gasteiger partial charge < -0.3 is 0 Å². The monoisotopic (exact) mass is 351 g/mol. The summed E-state index contributed by atoms with van der Waals surface area (Å²) in [5.74, 6) is 0.906. The van der Waals surface area contributed by atoms with Crippen molar-refractivity contribution in [3.8, 4) is 0 Å². The van der Waals surface area contributed by atoms with Crippen LogP contribution in [0.25, 0.3) is 0 Å². The summed E-state index contributed by atoms with van der Waals surface area (Å²) in [6.45, 7) is 3.66.